The van der Waals surface area contributed by atoms with E-state index in [0.717, 1.165) is 31.5 Å². The van der Waals surface area contributed by atoms with Crippen LogP contribution in [-0.2, 0) is 6.54 Å². The van der Waals surface area contributed by atoms with Crippen molar-refractivity contribution in [3.8, 4) is 11.4 Å². The van der Waals surface area contributed by atoms with Gasteiger partial charge in [-0.15, -0.1) is 0 Å². The number of imidazole rings is 1. The molecule has 2 aliphatic rings. The summed E-state index contributed by atoms with van der Waals surface area (Å²) in [7, 11) is 0. The molecule has 0 unspecified atom stereocenters. The van der Waals surface area contributed by atoms with Crippen LogP contribution in [0.15, 0.2) is 42.5 Å². The number of nitrogens with zero attached hydrogens (tertiary/aromatic N) is 3. The summed E-state index contributed by atoms with van der Waals surface area (Å²) in [6.45, 7) is 7.85. The molecule has 1 N–H and O–H groups in total. The Bertz CT molecular complexity index is 941. The Labute approximate surface area is 167 Å². The highest BCUT2D eigenvalue weighted by Gasteiger charge is 2.26. The number of piperazine rings is 1. The van der Waals surface area contributed by atoms with Crippen LogP contribution in [0.3, 0.4) is 0 Å². The molecule has 4 heteroatoms. The first-order valence-electron chi connectivity index (χ1n) is 10.8. The fraction of sp³-hybridized carbons (Fsp3) is 0.458. The SMILES string of the molecule is Cc1[nH]c(-c2cccc3ccccc23)nc1CN1CCN(C2CCCC2)CC1. The fourth-order valence-electron chi connectivity index (χ4n) is 4.98. The highest BCUT2D eigenvalue weighted by atomic mass is 15.3. The van der Waals surface area contributed by atoms with Crippen molar-refractivity contribution in [3.05, 3.63) is 53.9 Å². The number of aryl methyl sites for hydroxylation is 1. The van der Waals surface area contributed by atoms with Gasteiger partial charge < -0.3 is 4.98 Å². The van der Waals surface area contributed by atoms with Crippen LogP contribution in [0.4, 0.5) is 0 Å². The molecule has 0 spiro atoms. The lowest BCUT2D eigenvalue weighted by molar-refractivity contribution is 0.0929. The number of benzene rings is 2. The molecule has 4 nitrogen and oxygen atoms in total. The van der Waals surface area contributed by atoms with Gasteiger partial charge in [0.05, 0.1) is 5.69 Å². The Morgan fingerprint density at radius 2 is 1.71 bits per heavy atom. The quantitative estimate of drug-likeness (QED) is 0.725. The van der Waals surface area contributed by atoms with Crippen molar-refractivity contribution < 1.29 is 0 Å². The van der Waals surface area contributed by atoms with E-state index in [1.807, 2.05) is 0 Å². The highest BCUT2D eigenvalue weighted by molar-refractivity contribution is 5.95. The maximum atomic E-state index is 5.01. The van der Waals surface area contributed by atoms with Crippen molar-refractivity contribution in [2.24, 2.45) is 0 Å². The van der Waals surface area contributed by atoms with E-state index < -0.39 is 0 Å². The molecule has 2 fully saturated rings. The van der Waals surface area contributed by atoms with Crippen LogP contribution in [0.2, 0.25) is 0 Å². The van der Waals surface area contributed by atoms with Gasteiger partial charge in [0.25, 0.3) is 0 Å². The minimum Gasteiger partial charge on any atom is -0.342 e. The van der Waals surface area contributed by atoms with Crippen molar-refractivity contribution in [1.29, 1.82) is 0 Å². The molecule has 1 aliphatic heterocycles. The first-order valence-corrected chi connectivity index (χ1v) is 10.8. The molecule has 1 aromatic heterocycles. The average molecular weight is 375 g/mol. The van der Waals surface area contributed by atoms with E-state index >= 15 is 0 Å². The van der Waals surface area contributed by atoms with Gasteiger partial charge in [-0.05, 0) is 30.5 Å². The van der Waals surface area contributed by atoms with Gasteiger partial charge in [0.1, 0.15) is 5.82 Å². The molecule has 0 radical (unpaired) electrons. The third kappa shape index (κ3) is 3.47. The summed E-state index contributed by atoms with van der Waals surface area (Å²) in [6, 6.07) is 15.9. The van der Waals surface area contributed by atoms with Crippen LogP contribution in [0.5, 0.6) is 0 Å². The normalized spacial score (nSPS) is 19.6. The molecule has 146 valence electrons. The molecule has 0 atom stereocenters. The maximum absolute atomic E-state index is 5.01. The molecule has 2 heterocycles. The van der Waals surface area contributed by atoms with Crippen LogP contribution in [-0.4, -0.2) is 52.0 Å². The molecule has 2 aromatic carbocycles. The molecule has 0 bridgehead atoms. The van der Waals surface area contributed by atoms with Crippen LogP contribution in [0.1, 0.15) is 37.1 Å². The summed E-state index contributed by atoms with van der Waals surface area (Å²) in [4.78, 5) is 13.9. The fourth-order valence-corrected chi connectivity index (χ4v) is 4.98. The Morgan fingerprint density at radius 3 is 2.54 bits per heavy atom. The second-order valence-corrected chi connectivity index (χ2v) is 8.43. The molecule has 1 aliphatic carbocycles. The summed E-state index contributed by atoms with van der Waals surface area (Å²) in [5.41, 5.74) is 3.58. The molecular weight excluding hydrogens is 344 g/mol. The summed E-state index contributed by atoms with van der Waals surface area (Å²) in [5, 5.41) is 2.52. The van der Waals surface area contributed by atoms with Crippen LogP contribution < -0.4 is 0 Å². The third-order valence-corrected chi connectivity index (χ3v) is 6.65. The number of aromatic amines is 1. The van der Waals surface area contributed by atoms with Gasteiger partial charge in [0.15, 0.2) is 0 Å². The zero-order valence-electron chi connectivity index (χ0n) is 16.8. The highest BCUT2D eigenvalue weighted by Crippen LogP contribution is 2.28. The van der Waals surface area contributed by atoms with Crippen molar-refractivity contribution >= 4 is 10.8 Å². The van der Waals surface area contributed by atoms with E-state index in [9.17, 15) is 0 Å². The van der Waals surface area contributed by atoms with Crippen molar-refractivity contribution in [2.75, 3.05) is 26.2 Å². The lowest BCUT2D eigenvalue weighted by Crippen LogP contribution is -2.49. The summed E-state index contributed by atoms with van der Waals surface area (Å²) < 4.78 is 0. The Hall–Kier alpha value is -2.17. The minimum atomic E-state index is 0.854. The number of H-pyrrole nitrogens is 1. The van der Waals surface area contributed by atoms with Crippen LogP contribution in [0.25, 0.3) is 22.2 Å². The molecule has 3 aromatic rings. The maximum Gasteiger partial charge on any atom is 0.138 e. The third-order valence-electron chi connectivity index (χ3n) is 6.65. The number of nitrogens with one attached hydrogen (secondary N) is 1. The Morgan fingerprint density at radius 1 is 0.964 bits per heavy atom. The average Bonchev–Trinajstić information content (AvgIpc) is 3.39. The number of hydrogen-bond acceptors (Lipinski definition) is 3. The first kappa shape index (κ1) is 17.9. The van der Waals surface area contributed by atoms with E-state index in [2.05, 4.69) is 64.2 Å². The van der Waals surface area contributed by atoms with Gasteiger partial charge in [-0.2, -0.15) is 0 Å². The molecule has 1 saturated heterocycles. The second-order valence-electron chi connectivity index (χ2n) is 8.43. The summed E-state index contributed by atoms with van der Waals surface area (Å²) in [5.74, 6) is 0.994. The summed E-state index contributed by atoms with van der Waals surface area (Å²) in [6.07, 6.45) is 5.67. The van der Waals surface area contributed by atoms with E-state index in [4.69, 9.17) is 4.98 Å². The largest absolute Gasteiger partial charge is 0.342 e. The predicted molar refractivity (Wildman–Crippen MR) is 115 cm³/mol. The zero-order chi connectivity index (χ0) is 18.9. The molecule has 5 rings (SSSR count). The second kappa shape index (κ2) is 7.69. The van der Waals surface area contributed by atoms with Crippen molar-refractivity contribution in [3.63, 3.8) is 0 Å². The molecule has 28 heavy (non-hydrogen) atoms. The van der Waals surface area contributed by atoms with Crippen molar-refractivity contribution in [1.82, 2.24) is 19.8 Å². The summed E-state index contributed by atoms with van der Waals surface area (Å²) >= 11 is 0. The number of fused-ring (bicyclic) bond motifs is 1. The van der Waals surface area contributed by atoms with E-state index in [1.54, 1.807) is 0 Å². The lowest BCUT2D eigenvalue weighted by Gasteiger charge is -2.37. The molecule has 0 amide bonds. The van der Waals surface area contributed by atoms with Gasteiger partial charge >= 0.3 is 0 Å². The number of rotatable bonds is 4. The van der Waals surface area contributed by atoms with Gasteiger partial charge in [-0.3, -0.25) is 9.80 Å². The van der Waals surface area contributed by atoms with Crippen LogP contribution in [0, 0.1) is 6.92 Å². The molecule has 1 saturated carbocycles. The van der Waals surface area contributed by atoms with E-state index in [1.165, 1.54) is 66.5 Å². The van der Waals surface area contributed by atoms with Crippen molar-refractivity contribution in [2.45, 2.75) is 45.2 Å². The van der Waals surface area contributed by atoms with Gasteiger partial charge in [0.2, 0.25) is 0 Å². The minimum absolute atomic E-state index is 0.854. The first-order chi connectivity index (χ1) is 13.8. The lowest BCUT2D eigenvalue weighted by atomic mass is 10.0. The number of aromatic nitrogens is 2. The smallest absolute Gasteiger partial charge is 0.138 e. The number of hydrogen-bond donors (Lipinski definition) is 1. The Balaban J connectivity index is 1.30. The van der Waals surface area contributed by atoms with Gasteiger partial charge in [0, 0.05) is 50.0 Å². The predicted octanol–water partition coefficient (Wildman–Crippen LogP) is 4.60. The van der Waals surface area contributed by atoms with Gasteiger partial charge in [-0.1, -0.05) is 55.3 Å². The monoisotopic (exact) mass is 374 g/mol. The van der Waals surface area contributed by atoms with E-state index in [0.29, 0.717) is 0 Å². The molecular formula is C24H30N4. The zero-order valence-corrected chi connectivity index (χ0v) is 16.8. The topological polar surface area (TPSA) is 35.2 Å². The van der Waals surface area contributed by atoms with Crippen LogP contribution >= 0.6 is 0 Å². The van der Waals surface area contributed by atoms with E-state index in [-0.39, 0.29) is 0 Å². The van der Waals surface area contributed by atoms with Gasteiger partial charge in [-0.25, -0.2) is 4.98 Å². The standard InChI is InChI=1S/C24H30N4/c1-18-23(17-27-13-15-28(16-14-27)20-9-3-4-10-20)26-24(25-18)22-12-6-8-19-7-2-5-11-21(19)22/h2,5-8,11-12,20H,3-4,9-10,13-17H2,1H3,(H,25,26). The Kier molecular flexibility index (Phi) is 4.91.